The molecular weight excluding hydrogens is 400 g/mol. The lowest BCUT2D eigenvalue weighted by Crippen LogP contribution is -2.59. The molecule has 176 valence electrons. The highest BCUT2D eigenvalue weighted by molar-refractivity contribution is 5.98. The molecule has 0 aromatic rings. The highest BCUT2D eigenvalue weighted by Crippen LogP contribution is 2.65. The first-order valence-corrected chi connectivity index (χ1v) is 11.7. The molecular formula is C23H38N2O6. The minimum absolute atomic E-state index is 0.0246. The van der Waals surface area contributed by atoms with Crippen molar-refractivity contribution in [3.05, 3.63) is 0 Å². The van der Waals surface area contributed by atoms with E-state index >= 15 is 0 Å². The highest BCUT2D eigenvalue weighted by Gasteiger charge is 2.80. The summed E-state index contributed by atoms with van der Waals surface area (Å²) in [5.41, 5.74) is -1.96. The maximum atomic E-state index is 13.8. The minimum atomic E-state index is -1.10. The molecule has 8 heteroatoms. The Hall–Kier alpha value is -1.67. The van der Waals surface area contributed by atoms with Crippen molar-refractivity contribution in [3.63, 3.8) is 0 Å². The molecule has 4 unspecified atom stereocenters. The van der Waals surface area contributed by atoms with Gasteiger partial charge in [0.1, 0.15) is 17.6 Å². The molecule has 2 N–H and O–H groups in total. The van der Waals surface area contributed by atoms with Crippen molar-refractivity contribution >= 4 is 17.8 Å². The fourth-order valence-electron chi connectivity index (χ4n) is 6.20. The quantitative estimate of drug-likeness (QED) is 0.530. The number of nitrogens with zero attached hydrogens (tertiary/aromatic N) is 1. The van der Waals surface area contributed by atoms with Crippen LogP contribution in [0.4, 0.5) is 0 Å². The number of aliphatic hydroxyl groups excluding tert-OH is 1. The van der Waals surface area contributed by atoms with E-state index in [9.17, 15) is 19.5 Å². The van der Waals surface area contributed by atoms with E-state index in [4.69, 9.17) is 9.47 Å². The number of hydrogen-bond donors (Lipinski definition) is 2. The normalized spacial score (nSPS) is 38.2. The van der Waals surface area contributed by atoms with Gasteiger partial charge in [0.2, 0.25) is 11.8 Å². The van der Waals surface area contributed by atoms with Crippen LogP contribution in [0.2, 0.25) is 0 Å². The summed E-state index contributed by atoms with van der Waals surface area (Å²) in [6.07, 6.45) is 2.75. The van der Waals surface area contributed by atoms with Gasteiger partial charge in [0, 0.05) is 6.04 Å². The van der Waals surface area contributed by atoms with E-state index in [-0.39, 0.29) is 37.0 Å². The van der Waals surface area contributed by atoms with Crippen LogP contribution in [-0.2, 0) is 23.9 Å². The summed E-state index contributed by atoms with van der Waals surface area (Å²) in [5.74, 6) is -2.60. The fraction of sp³-hybridized carbons (Fsp3) is 0.870. The van der Waals surface area contributed by atoms with Crippen LogP contribution in [0.15, 0.2) is 0 Å². The maximum Gasteiger partial charge on any atom is 0.312 e. The Morgan fingerprint density at radius 1 is 1.35 bits per heavy atom. The average molecular weight is 439 g/mol. The fourth-order valence-corrected chi connectivity index (χ4v) is 6.20. The lowest BCUT2D eigenvalue weighted by molar-refractivity contribution is -0.162. The second-order valence-electron chi connectivity index (χ2n) is 9.64. The van der Waals surface area contributed by atoms with Crippen molar-refractivity contribution in [2.45, 2.75) is 96.6 Å². The van der Waals surface area contributed by atoms with Gasteiger partial charge in [-0.25, -0.2) is 0 Å². The molecule has 3 saturated heterocycles. The van der Waals surface area contributed by atoms with Crippen LogP contribution in [0.1, 0.15) is 67.2 Å². The topological polar surface area (TPSA) is 105 Å². The number of esters is 1. The average Bonchev–Trinajstić information content (AvgIpc) is 3.21. The van der Waals surface area contributed by atoms with Crippen LogP contribution in [0.25, 0.3) is 0 Å². The Kier molecular flexibility index (Phi) is 6.73. The van der Waals surface area contributed by atoms with Crippen molar-refractivity contribution in [1.82, 2.24) is 10.2 Å². The number of hydrogen-bond acceptors (Lipinski definition) is 6. The summed E-state index contributed by atoms with van der Waals surface area (Å²) in [7, 11) is 0. The van der Waals surface area contributed by atoms with E-state index < -0.39 is 41.1 Å². The predicted molar refractivity (Wildman–Crippen MR) is 114 cm³/mol. The van der Waals surface area contributed by atoms with Gasteiger partial charge < -0.3 is 24.8 Å². The van der Waals surface area contributed by atoms with E-state index in [2.05, 4.69) is 12.2 Å². The van der Waals surface area contributed by atoms with E-state index in [0.717, 1.165) is 12.8 Å². The monoisotopic (exact) mass is 438 g/mol. The summed E-state index contributed by atoms with van der Waals surface area (Å²) in [5, 5.41) is 13.1. The van der Waals surface area contributed by atoms with Crippen molar-refractivity contribution in [2.24, 2.45) is 17.8 Å². The molecule has 1 spiro atoms. The number of nitrogens with one attached hydrogen (secondary N) is 1. The Labute approximate surface area is 185 Å². The van der Waals surface area contributed by atoms with Gasteiger partial charge in [-0.15, -0.1) is 0 Å². The molecule has 0 aliphatic carbocycles. The van der Waals surface area contributed by atoms with Crippen LogP contribution in [0.3, 0.4) is 0 Å². The van der Waals surface area contributed by atoms with Gasteiger partial charge in [0.15, 0.2) is 0 Å². The third-order valence-corrected chi connectivity index (χ3v) is 7.73. The molecule has 31 heavy (non-hydrogen) atoms. The first-order valence-electron chi connectivity index (χ1n) is 11.7. The van der Waals surface area contributed by atoms with E-state index in [1.165, 1.54) is 4.90 Å². The van der Waals surface area contributed by atoms with Gasteiger partial charge in [-0.05, 0) is 46.0 Å². The third kappa shape index (κ3) is 3.46. The molecule has 3 rings (SSSR count). The molecule has 2 bridgehead atoms. The molecule has 3 heterocycles. The Bertz CT molecular complexity index is 725. The zero-order valence-corrected chi connectivity index (χ0v) is 19.6. The van der Waals surface area contributed by atoms with E-state index in [1.807, 2.05) is 27.7 Å². The molecule has 0 saturated carbocycles. The highest BCUT2D eigenvalue weighted by atomic mass is 16.6. The van der Waals surface area contributed by atoms with E-state index in [1.54, 1.807) is 6.92 Å². The van der Waals surface area contributed by atoms with Crippen molar-refractivity contribution in [3.8, 4) is 0 Å². The summed E-state index contributed by atoms with van der Waals surface area (Å²) < 4.78 is 11.9. The van der Waals surface area contributed by atoms with Crippen LogP contribution in [0, 0.1) is 17.8 Å². The first-order chi connectivity index (χ1) is 14.6. The largest absolute Gasteiger partial charge is 0.466 e. The molecule has 2 amide bonds. The van der Waals surface area contributed by atoms with Crippen molar-refractivity contribution in [1.29, 1.82) is 0 Å². The Morgan fingerprint density at radius 3 is 2.58 bits per heavy atom. The van der Waals surface area contributed by atoms with Crippen LogP contribution >= 0.6 is 0 Å². The minimum Gasteiger partial charge on any atom is -0.466 e. The second-order valence-corrected chi connectivity index (χ2v) is 9.64. The molecule has 8 atom stereocenters. The van der Waals surface area contributed by atoms with Crippen LogP contribution in [-0.4, -0.2) is 70.3 Å². The van der Waals surface area contributed by atoms with Gasteiger partial charge in [-0.3, -0.25) is 14.4 Å². The molecule has 8 nitrogen and oxygen atoms in total. The number of aliphatic hydroxyl groups is 1. The van der Waals surface area contributed by atoms with Crippen LogP contribution < -0.4 is 5.32 Å². The molecule has 3 fully saturated rings. The summed E-state index contributed by atoms with van der Waals surface area (Å²) >= 11 is 0. The number of likely N-dealkylation sites (tertiary alicyclic amines) is 1. The SMILES string of the molecule is CCCC(C)NC(=O)C1N([C@@H](CC)CO)C(=O)[C@@H]2[C@@H](C(=O)OCC)[C@]3(C)OC12CC3C. The Balaban J connectivity index is 2.08. The summed E-state index contributed by atoms with van der Waals surface area (Å²) in [4.78, 5) is 41.9. The number of rotatable bonds is 9. The Morgan fingerprint density at radius 2 is 2.03 bits per heavy atom. The van der Waals surface area contributed by atoms with Gasteiger partial charge >= 0.3 is 5.97 Å². The molecule has 0 radical (unpaired) electrons. The predicted octanol–water partition coefficient (Wildman–Crippen LogP) is 1.64. The number of amides is 2. The molecule has 0 aromatic heterocycles. The number of ether oxygens (including phenoxy) is 2. The number of fused-ring (bicyclic) bond motifs is 1. The van der Waals surface area contributed by atoms with Crippen molar-refractivity contribution in [2.75, 3.05) is 13.2 Å². The summed E-state index contributed by atoms with van der Waals surface area (Å²) in [6, 6.07) is -1.45. The smallest absolute Gasteiger partial charge is 0.312 e. The second kappa shape index (κ2) is 8.70. The third-order valence-electron chi connectivity index (χ3n) is 7.73. The summed E-state index contributed by atoms with van der Waals surface area (Å²) in [6.45, 7) is 11.4. The zero-order valence-electron chi connectivity index (χ0n) is 19.6. The number of carbonyl (C=O) groups is 3. The lowest BCUT2D eigenvalue weighted by atomic mass is 9.62. The van der Waals surface area contributed by atoms with Gasteiger partial charge in [-0.2, -0.15) is 0 Å². The van der Waals surface area contributed by atoms with Gasteiger partial charge in [0.05, 0.1) is 30.8 Å². The standard InChI is InChI=1S/C23H38N2O6/c1-7-10-14(5)24-19(27)18-23-11-13(4)22(6,31-23)17(21(29)30-9-3)16(23)20(28)25(18)15(8-2)12-26/h13-18,26H,7-12H2,1-6H3,(H,24,27)/t13?,14?,15-,16-,17-,18?,22+,23?/m0/s1. The first kappa shape index (κ1) is 24.0. The molecule has 0 aromatic carbocycles. The zero-order chi connectivity index (χ0) is 23.1. The van der Waals surface area contributed by atoms with Crippen LogP contribution in [0.5, 0.6) is 0 Å². The lowest BCUT2D eigenvalue weighted by Gasteiger charge is -2.37. The number of carbonyl (C=O) groups excluding carboxylic acids is 3. The van der Waals surface area contributed by atoms with Gasteiger partial charge in [-0.1, -0.05) is 27.2 Å². The molecule has 3 aliphatic rings. The van der Waals surface area contributed by atoms with Gasteiger partial charge in [0.25, 0.3) is 0 Å². The molecule has 3 aliphatic heterocycles. The van der Waals surface area contributed by atoms with Crippen molar-refractivity contribution < 1.29 is 29.0 Å². The maximum absolute atomic E-state index is 13.8. The van der Waals surface area contributed by atoms with E-state index in [0.29, 0.717) is 12.8 Å².